The van der Waals surface area contributed by atoms with Crippen LogP contribution in [0.2, 0.25) is 0 Å². The number of benzene rings is 2. The quantitative estimate of drug-likeness (QED) is 0.703. The summed E-state index contributed by atoms with van der Waals surface area (Å²) in [5, 5.41) is 0. The third-order valence-electron chi connectivity index (χ3n) is 3.51. The van der Waals surface area contributed by atoms with E-state index in [-0.39, 0.29) is 17.0 Å². The molecule has 3 aromatic rings. The van der Waals surface area contributed by atoms with E-state index in [1.165, 1.54) is 12.1 Å². The summed E-state index contributed by atoms with van der Waals surface area (Å²) in [5.74, 6) is -0.986. The Kier molecular flexibility index (Phi) is 3.92. The molecule has 0 unspecified atom stereocenters. The highest BCUT2D eigenvalue weighted by atomic mass is 19.1. The van der Waals surface area contributed by atoms with Crippen LogP contribution in [-0.4, -0.2) is 9.97 Å². The molecule has 0 fully saturated rings. The van der Waals surface area contributed by atoms with Crippen LogP contribution in [0.3, 0.4) is 0 Å². The molecular weight excluding hydrogens is 282 g/mol. The van der Waals surface area contributed by atoms with Crippen LogP contribution in [0.15, 0.2) is 54.9 Å². The van der Waals surface area contributed by atoms with Crippen molar-refractivity contribution in [3.63, 3.8) is 0 Å². The maximum absolute atomic E-state index is 14.8. The first-order valence-corrected chi connectivity index (χ1v) is 7.05. The van der Waals surface area contributed by atoms with Crippen molar-refractivity contribution < 1.29 is 8.78 Å². The zero-order chi connectivity index (χ0) is 15.5. The molecule has 0 bridgehead atoms. The van der Waals surface area contributed by atoms with Crippen molar-refractivity contribution in [1.29, 1.82) is 0 Å². The van der Waals surface area contributed by atoms with E-state index < -0.39 is 11.6 Å². The molecule has 2 nitrogen and oxygen atoms in total. The number of aromatic nitrogens is 2. The molecule has 0 aliphatic rings. The number of nitrogens with zero attached hydrogens (tertiary/aromatic N) is 2. The minimum absolute atomic E-state index is 0.0544. The molecule has 110 valence electrons. The Morgan fingerprint density at radius 1 is 0.909 bits per heavy atom. The molecular formula is C18H14F2N2. The topological polar surface area (TPSA) is 25.8 Å². The maximum Gasteiger partial charge on any atom is 0.162 e. The van der Waals surface area contributed by atoms with Gasteiger partial charge in [0, 0.05) is 12.4 Å². The average molecular weight is 296 g/mol. The first-order valence-electron chi connectivity index (χ1n) is 7.05. The van der Waals surface area contributed by atoms with Gasteiger partial charge in [0.2, 0.25) is 0 Å². The number of rotatable bonds is 3. The molecule has 0 saturated carbocycles. The minimum atomic E-state index is -0.643. The molecule has 4 heteroatoms. The SMILES string of the molecule is CCc1cnc(-c2ccc(F)c(-c3ccccc3)c2F)nc1. The van der Waals surface area contributed by atoms with Gasteiger partial charge in [0.25, 0.3) is 0 Å². The Morgan fingerprint density at radius 2 is 1.59 bits per heavy atom. The van der Waals surface area contributed by atoms with Gasteiger partial charge in [0.15, 0.2) is 5.82 Å². The average Bonchev–Trinajstić information content (AvgIpc) is 2.56. The Labute approximate surface area is 127 Å². The van der Waals surface area contributed by atoms with Crippen LogP contribution in [0.25, 0.3) is 22.5 Å². The molecule has 1 aromatic heterocycles. The number of hydrogen-bond donors (Lipinski definition) is 0. The summed E-state index contributed by atoms with van der Waals surface area (Å²) in [5.41, 5.74) is 1.60. The normalized spacial score (nSPS) is 10.7. The van der Waals surface area contributed by atoms with Crippen LogP contribution in [0.4, 0.5) is 8.78 Å². The number of halogens is 2. The summed E-state index contributed by atoms with van der Waals surface area (Å²) in [6.45, 7) is 1.99. The summed E-state index contributed by atoms with van der Waals surface area (Å²) < 4.78 is 28.8. The Bertz CT molecular complexity index is 784. The van der Waals surface area contributed by atoms with Crippen LogP contribution in [0, 0.1) is 11.6 Å². The summed E-state index contributed by atoms with van der Waals surface area (Å²) in [4.78, 5) is 8.34. The highest BCUT2D eigenvalue weighted by molar-refractivity contribution is 5.71. The monoisotopic (exact) mass is 296 g/mol. The van der Waals surface area contributed by atoms with Gasteiger partial charge >= 0.3 is 0 Å². The second kappa shape index (κ2) is 6.02. The number of hydrogen-bond acceptors (Lipinski definition) is 2. The lowest BCUT2D eigenvalue weighted by atomic mass is 10.0. The summed E-state index contributed by atoms with van der Waals surface area (Å²) in [6, 6.07) is 11.3. The van der Waals surface area contributed by atoms with Gasteiger partial charge < -0.3 is 0 Å². The third-order valence-corrected chi connectivity index (χ3v) is 3.51. The first kappa shape index (κ1) is 14.3. The summed E-state index contributed by atoms with van der Waals surface area (Å²) in [6.07, 6.45) is 4.13. The standard InChI is InChI=1S/C18H14F2N2/c1-2-12-10-21-18(22-11-12)14-8-9-15(19)16(17(14)20)13-6-4-3-5-7-13/h3-11H,2H2,1H3. The molecule has 0 saturated heterocycles. The van der Waals surface area contributed by atoms with Gasteiger partial charge in [0.1, 0.15) is 11.6 Å². The van der Waals surface area contributed by atoms with Crippen molar-refractivity contribution in [1.82, 2.24) is 9.97 Å². The van der Waals surface area contributed by atoms with E-state index in [1.807, 2.05) is 6.92 Å². The fourth-order valence-electron chi connectivity index (χ4n) is 2.27. The Hall–Kier alpha value is -2.62. The predicted molar refractivity (Wildman–Crippen MR) is 82.2 cm³/mol. The fraction of sp³-hybridized carbons (Fsp3) is 0.111. The molecule has 3 rings (SSSR count). The lowest BCUT2D eigenvalue weighted by Gasteiger charge is -2.09. The van der Waals surface area contributed by atoms with Crippen molar-refractivity contribution in [3.05, 3.63) is 72.1 Å². The van der Waals surface area contributed by atoms with E-state index in [0.717, 1.165) is 12.0 Å². The lowest BCUT2D eigenvalue weighted by molar-refractivity contribution is 0.591. The predicted octanol–water partition coefficient (Wildman–Crippen LogP) is 4.65. The first-order chi connectivity index (χ1) is 10.7. The summed E-state index contributed by atoms with van der Waals surface area (Å²) >= 11 is 0. The van der Waals surface area contributed by atoms with Crippen LogP contribution >= 0.6 is 0 Å². The third kappa shape index (κ3) is 2.60. The van der Waals surface area contributed by atoms with E-state index in [0.29, 0.717) is 5.56 Å². The molecule has 0 amide bonds. The van der Waals surface area contributed by atoms with Crippen LogP contribution in [0.5, 0.6) is 0 Å². The van der Waals surface area contributed by atoms with Crippen molar-refractivity contribution in [3.8, 4) is 22.5 Å². The van der Waals surface area contributed by atoms with Gasteiger partial charge in [-0.05, 0) is 29.7 Å². The highest BCUT2D eigenvalue weighted by Gasteiger charge is 2.17. The van der Waals surface area contributed by atoms with E-state index >= 15 is 0 Å². The molecule has 2 aromatic carbocycles. The van der Waals surface area contributed by atoms with E-state index in [2.05, 4.69) is 9.97 Å². The maximum atomic E-state index is 14.8. The van der Waals surface area contributed by atoms with Gasteiger partial charge in [0.05, 0.1) is 11.1 Å². The zero-order valence-electron chi connectivity index (χ0n) is 12.1. The summed E-state index contributed by atoms with van der Waals surface area (Å²) in [7, 11) is 0. The molecule has 0 radical (unpaired) electrons. The van der Waals surface area contributed by atoms with Crippen LogP contribution in [-0.2, 0) is 6.42 Å². The van der Waals surface area contributed by atoms with Gasteiger partial charge in [-0.1, -0.05) is 37.3 Å². The molecule has 0 atom stereocenters. The van der Waals surface area contributed by atoms with E-state index in [4.69, 9.17) is 0 Å². The van der Waals surface area contributed by atoms with Crippen LogP contribution < -0.4 is 0 Å². The molecule has 0 spiro atoms. The molecule has 22 heavy (non-hydrogen) atoms. The van der Waals surface area contributed by atoms with E-state index in [1.54, 1.807) is 42.7 Å². The molecule has 0 N–H and O–H groups in total. The van der Waals surface area contributed by atoms with Gasteiger partial charge in [-0.2, -0.15) is 0 Å². The van der Waals surface area contributed by atoms with E-state index in [9.17, 15) is 8.78 Å². The van der Waals surface area contributed by atoms with Gasteiger partial charge in [-0.3, -0.25) is 0 Å². The highest BCUT2D eigenvalue weighted by Crippen LogP contribution is 2.31. The zero-order valence-corrected chi connectivity index (χ0v) is 12.1. The van der Waals surface area contributed by atoms with Crippen molar-refractivity contribution in [2.45, 2.75) is 13.3 Å². The van der Waals surface area contributed by atoms with Crippen molar-refractivity contribution in [2.24, 2.45) is 0 Å². The van der Waals surface area contributed by atoms with Gasteiger partial charge in [-0.25, -0.2) is 18.7 Å². The number of aryl methyl sites for hydroxylation is 1. The smallest absolute Gasteiger partial charge is 0.162 e. The van der Waals surface area contributed by atoms with Crippen molar-refractivity contribution in [2.75, 3.05) is 0 Å². The molecule has 0 aliphatic heterocycles. The molecule has 0 aliphatic carbocycles. The Balaban J connectivity index is 2.14. The molecule has 1 heterocycles. The second-order valence-electron chi connectivity index (χ2n) is 4.92. The van der Waals surface area contributed by atoms with Crippen molar-refractivity contribution >= 4 is 0 Å². The minimum Gasteiger partial charge on any atom is -0.236 e. The Morgan fingerprint density at radius 3 is 2.23 bits per heavy atom. The fourth-order valence-corrected chi connectivity index (χ4v) is 2.27. The largest absolute Gasteiger partial charge is 0.236 e. The lowest BCUT2D eigenvalue weighted by Crippen LogP contribution is -1.98. The van der Waals surface area contributed by atoms with Gasteiger partial charge in [-0.15, -0.1) is 0 Å². The van der Waals surface area contributed by atoms with Crippen LogP contribution in [0.1, 0.15) is 12.5 Å². The second-order valence-corrected chi connectivity index (χ2v) is 4.92.